The van der Waals surface area contributed by atoms with Gasteiger partial charge >= 0.3 is 0 Å². The molecule has 0 aliphatic heterocycles. The summed E-state index contributed by atoms with van der Waals surface area (Å²) in [6.07, 6.45) is 1.90. The number of hydrogen-bond donors (Lipinski definition) is 0. The van der Waals surface area contributed by atoms with Crippen molar-refractivity contribution in [2.45, 2.75) is 13.5 Å². The fourth-order valence-electron chi connectivity index (χ4n) is 1.26. The molecule has 0 aliphatic carbocycles. The van der Waals surface area contributed by atoms with Crippen LogP contribution in [0.25, 0.3) is 11.3 Å². The highest BCUT2D eigenvalue weighted by Gasteiger charge is 2.01. The molecule has 14 heavy (non-hydrogen) atoms. The van der Waals surface area contributed by atoms with Crippen LogP contribution in [0.5, 0.6) is 0 Å². The van der Waals surface area contributed by atoms with Crippen molar-refractivity contribution in [1.82, 2.24) is 15.0 Å². The number of aromatic nitrogens is 3. The lowest BCUT2D eigenvalue weighted by atomic mass is 10.1. The standard InChI is InChI=1S/C11H12N3/c1-3-14-8-11(12-13-14)10-6-4-9(2)5-7-10/h4-8H,1,3H2,2H3. The molecule has 0 saturated carbocycles. The summed E-state index contributed by atoms with van der Waals surface area (Å²) in [4.78, 5) is 0. The molecule has 0 unspecified atom stereocenters. The van der Waals surface area contributed by atoms with Crippen molar-refractivity contribution in [2.24, 2.45) is 0 Å². The quantitative estimate of drug-likeness (QED) is 0.719. The zero-order chi connectivity index (χ0) is 9.97. The summed E-state index contributed by atoms with van der Waals surface area (Å²) < 4.78 is 1.72. The van der Waals surface area contributed by atoms with Crippen molar-refractivity contribution in [2.75, 3.05) is 0 Å². The van der Waals surface area contributed by atoms with Gasteiger partial charge in [0.05, 0.1) is 6.20 Å². The fraction of sp³-hybridized carbons (Fsp3) is 0.182. The van der Waals surface area contributed by atoms with Gasteiger partial charge in [-0.25, -0.2) is 0 Å². The first-order chi connectivity index (χ1) is 6.79. The Hall–Kier alpha value is -1.64. The van der Waals surface area contributed by atoms with Gasteiger partial charge in [0.2, 0.25) is 0 Å². The molecule has 1 radical (unpaired) electrons. The van der Waals surface area contributed by atoms with E-state index >= 15 is 0 Å². The molecule has 0 saturated heterocycles. The zero-order valence-corrected chi connectivity index (χ0v) is 8.14. The van der Waals surface area contributed by atoms with Crippen LogP contribution >= 0.6 is 0 Å². The first-order valence-electron chi connectivity index (χ1n) is 4.56. The normalized spacial score (nSPS) is 10.4. The molecule has 3 heteroatoms. The second-order valence-corrected chi connectivity index (χ2v) is 3.23. The van der Waals surface area contributed by atoms with Gasteiger partial charge in [-0.1, -0.05) is 35.0 Å². The number of nitrogens with zero attached hydrogens (tertiary/aromatic N) is 3. The molecular weight excluding hydrogens is 174 g/mol. The van der Waals surface area contributed by atoms with Crippen molar-refractivity contribution < 1.29 is 0 Å². The highest BCUT2D eigenvalue weighted by Crippen LogP contribution is 2.16. The van der Waals surface area contributed by atoms with E-state index in [1.807, 2.05) is 18.3 Å². The largest absolute Gasteiger partial charge is 0.252 e. The monoisotopic (exact) mass is 186 g/mol. The lowest BCUT2D eigenvalue weighted by Gasteiger charge is -1.95. The van der Waals surface area contributed by atoms with Gasteiger partial charge in [-0.3, -0.25) is 4.68 Å². The Balaban J connectivity index is 2.34. The molecule has 1 aromatic heterocycles. The number of rotatable bonds is 2. The lowest BCUT2D eigenvalue weighted by molar-refractivity contribution is 0.660. The summed E-state index contributed by atoms with van der Waals surface area (Å²) in [6, 6.07) is 8.23. The molecule has 3 nitrogen and oxygen atoms in total. The maximum atomic E-state index is 4.06. The minimum absolute atomic E-state index is 0.610. The van der Waals surface area contributed by atoms with E-state index in [0.29, 0.717) is 6.54 Å². The molecule has 0 spiro atoms. The summed E-state index contributed by atoms with van der Waals surface area (Å²) in [5.41, 5.74) is 3.24. The van der Waals surface area contributed by atoms with E-state index in [1.165, 1.54) is 5.56 Å². The second-order valence-electron chi connectivity index (χ2n) is 3.23. The van der Waals surface area contributed by atoms with E-state index in [-0.39, 0.29) is 0 Å². The van der Waals surface area contributed by atoms with Gasteiger partial charge in [0.25, 0.3) is 0 Å². The molecule has 0 amide bonds. The number of hydrogen-bond acceptors (Lipinski definition) is 2. The molecule has 0 atom stereocenters. The molecule has 0 bridgehead atoms. The van der Waals surface area contributed by atoms with Gasteiger partial charge in [0, 0.05) is 12.1 Å². The van der Waals surface area contributed by atoms with Crippen LogP contribution in [0.4, 0.5) is 0 Å². The minimum Gasteiger partial charge on any atom is -0.252 e. The van der Waals surface area contributed by atoms with E-state index in [4.69, 9.17) is 0 Å². The van der Waals surface area contributed by atoms with Crippen LogP contribution in [0.3, 0.4) is 0 Å². The van der Waals surface area contributed by atoms with Crippen molar-refractivity contribution in [3.8, 4) is 11.3 Å². The summed E-state index contributed by atoms with van der Waals surface area (Å²) >= 11 is 0. The second kappa shape index (κ2) is 3.62. The van der Waals surface area contributed by atoms with Gasteiger partial charge in [0.15, 0.2) is 0 Å². The van der Waals surface area contributed by atoms with Crippen molar-refractivity contribution in [3.63, 3.8) is 0 Å². The molecule has 0 N–H and O–H groups in total. The summed E-state index contributed by atoms with van der Waals surface area (Å²) in [6.45, 7) is 6.41. The highest BCUT2D eigenvalue weighted by molar-refractivity contribution is 5.57. The fourth-order valence-corrected chi connectivity index (χ4v) is 1.26. The first kappa shape index (κ1) is 8.94. The molecule has 71 valence electrons. The maximum Gasteiger partial charge on any atom is 0.113 e. The van der Waals surface area contributed by atoms with Crippen LogP contribution in [-0.4, -0.2) is 15.0 Å². The summed E-state index contributed by atoms with van der Waals surface area (Å²) in [5, 5.41) is 8.00. The van der Waals surface area contributed by atoms with E-state index < -0.39 is 0 Å². The Bertz CT molecular complexity index is 414. The Morgan fingerprint density at radius 1 is 1.29 bits per heavy atom. The van der Waals surface area contributed by atoms with E-state index in [9.17, 15) is 0 Å². The third-order valence-corrected chi connectivity index (χ3v) is 2.12. The van der Waals surface area contributed by atoms with Crippen LogP contribution in [0, 0.1) is 13.8 Å². The third-order valence-electron chi connectivity index (χ3n) is 2.12. The van der Waals surface area contributed by atoms with Gasteiger partial charge in [0.1, 0.15) is 5.69 Å². The van der Waals surface area contributed by atoms with Crippen LogP contribution in [0.2, 0.25) is 0 Å². The molecule has 1 heterocycles. The van der Waals surface area contributed by atoms with Crippen LogP contribution in [-0.2, 0) is 6.54 Å². The number of aryl methyl sites for hydroxylation is 1. The average molecular weight is 186 g/mol. The van der Waals surface area contributed by atoms with Crippen LogP contribution in [0.1, 0.15) is 5.56 Å². The predicted octanol–water partition coefficient (Wildman–Crippen LogP) is 2.09. The zero-order valence-electron chi connectivity index (χ0n) is 8.14. The first-order valence-corrected chi connectivity index (χ1v) is 4.56. The third kappa shape index (κ3) is 1.66. The van der Waals surface area contributed by atoms with Gasteiger partial charge < -0.3 is 0 Å². The van der Waals surface area contributed by atoms with Crippen LogP contribution in [0.15, 0.2) is 30.5 Å². The molecule has 0 fully saturated rings. The molecule has 1 aromatic carbocycles. The Kier molecular flexibility index (Phi) is 2.31. The van der Waals surface area contributed by atoms with Gasteiger partial charge in [-0.2, -0.15) is 0 Å². The van der Waals surface area contributed by atoms with Crippen molar-refractivity contribution in [1.29, 1.82) is 0 Å². The van der Waals surface area contributed by atoms with Gasteiger partial charge in [-0.05, 0) is 13.8 Å². The van der Waals surface area contributed by atoms with Crippen molar-refractivity contribution in [3.05, 3.63) is 42.9 Å². The summed E-state index contributed by atoms with van der Waals surface area (Å²) in [7, 11) is 0. The summed E-state index contributed by atoms with van der Waals surface area (Å²) in [5.74, 6) is 0. The topological polar surface area (TPSA) is 30.7 Å². The molecule has 2 rings (SSSR count). The lowest BCUT2D eigenvalue weighted by Crippen LogP contribution is -1.93. The van der Waals surface area contributed by atoms with E-state index in [2.05, 4.69) is 36.3 Å². The van der Waals surface area contributed by atoms with Gasteiger partial charge in [-0.15, -0.1) is 5.10 Å². The average Bonchev–Trinajstić information content (AvgIpc) is 2.67. The highest BCUT2D eigenvalue weighted by atomic mass is 15.4. The Labute approximate surface area is 83.4 Å². The maximum absolute atomic E-state index is 4.06. The van der Waals surface area contributed by atoms with E-state index in [0.717, 1.165) is 11.3 Å². The minimum atomic E-state index is 0.610. The molecule has 2 aromatic rings. The van der Waals surface area contributed by atoms with Crippen LogP contribution < -0.4 is 0 Å². The predicted molar refractivity (Wildman–Crippen MR) is 55.6 cm³/mol. The molecule has 0 aliphatic rings. The molecular formula is C11H12N3. The number of benzene rings is 1. The Morgan fingerprint density at radius 3 is 2.57 bits per heavy atom. The van der Waals surface area contributed by atoms with Crippen molar-refractivity contribution >= 4 is 0 Å². The SMILES string of the molecule is [CH2]Cn1cc(-c2ccc(C)cc2)nn1. The van der Waals surface area contributed by atoms with E-state index in [1.54, 1.807) is 4.68 Å². The Morgan fingerprint density at radius 2 is 2.00 bits per heavy atom. The smallest absolute Gasteiger partial charge is 0.113 e.